The van der Waals surface area contributed by atoms with Crippen LogP contribution < -0.4 is 26.2 Å². The summed E-state index contributed by atoms with van der Waals surface area (Å²) in [6.07, 6.45) is 13.5. The Morgan fingerprint density at radius 2 is 0.722 bits per heavy atom. The predicted molar refractivity (Wildman–Crippen MR) is 513 cm³/mol. The number of rotatable bonds is 19. The molecule has 10 atom stereocenters. The normalized spacial score (nSPS) is 25.1. The van der Waals surface area contributed by atoms with Gasteiger partial charge in [-0.1, -0.05) is 177 Å². The molecular weight excluding hydrogens is 1710 g/mol. The molecule has 25 nitrogen and oxygen atoms in total. The molecule has 26 heteroatoms. The minimum Gasteiger partial charge on any atom is -0.478 e. The Hall–Kier alpha value is -13.0. The summed E-state index contributed by atoms with van der Waals surface area (Å²) in [5, 5.41) is 31.2. The number of para-hydroxylation sites is 2. The van der Waals surface area contributed by atoms with Crippen LogP contribution >= 0.6 is 11.6 Å². The molecule has 2 amide bonds. The number of esters is 5. The van der Waals surface area contributed by atoms with Gasteiger partial charge in [-0.2, -0.15) is 0 Å². The largest absolute Gasteiger partial charge is 0.478 e. The molecule has 0 bridgehead atoms. The lowest BCUT2D eigenvalue weighted by molar-refractivity contribution is -0.147. The number of benzene rings is 7. The van der Waals surface area contributed by atoms with Gasteiger partial charge in [-0.05, 0) is 221 Å². The summed E-state index contributed by atoms with van der Waals surface area (Å²) in [4.78, 5) is 123. The van der Waals surface area contributed by atoms with Gasteiger partial charge < -0.3 is 69.5 Å². The van der Waals surface area contributed by atoms with Gasteiger partial charge in [0.05, 0.1) is 77.8 Å². The number of nitrogens with zero attached hydrogens (tertiary/aromatic N) is 3. The van der Waals surface area contributed by atoms with Crippen molar-refractivity contribution >= 4 is 93.4 Å². The number of amides is 2. The topological polar surface area (TPSA) is 347 Å². The molecule has 7 aliphatic heterocycles. The summed E-state index contributed by atoms with van der Waals surface area (Å²) in [5.74, 6) is -1.16. The van der Waals surface area contributed by atoms with Crippen LogP contribution in [0, 0.1) is 56.7 Å². The van der Waals surface area contributed by atoms with Crippen LogP contribution in [0.5, 0.6) is 0 Å². The van der Waals surface area contributed by atoms with Crippen LogP contribution in [0.2, 0.25) is 0 Å². The van der Waals surface area contributed by atoms with Gasteiger partial charge in [0.15, 0.2) is 0 Å². The van der Waals surface area contributed by atoms with Gasteiger partial charge >= 0.3 is 47.9 Å². The first kappa shape index (κ1) is 99.1. The number of ether oxygens (including phenoxy) is 6. The molecule has 12 fully saturated rings. The van der Waals surface area contributed by atoms with Gasteiger partial charge in [0.1, 0.15) is 6.61 Å². The summed E-state index contributed by atoms with van der Waals surface area (Å²) < 4.78 is 31.3. The highest BCUT2D eigenvalue weighted by Crippen LogP contribution is 2.57. The van der Waals surface area contributed by atoms with Crippen LogP contribution in [-0.4, -0.2) is 178 Å². The Bertz CT molecular complexity index is 5320. The molecule has 0 radical (unpaired) electrons. The Balaban J connectivity index is 0.000000154. The third kappa shape index (κ3) is 24.3. The molecule has 7 saturated heterocycles. The fourth-order valence-corrected chi connectivity index (χ4v) is 20.6. The number of hydrogen-bond acceptors (Lipinski definition) is 21. The molecular formula is C107H123ClN6O19. The highest BCUT2D eigenvalue weighted by atomic mass is 35.5. The van der Waals surface area contributed by atoms with Crippen molar-refractivity contribution in [3.63, 3.8) is 0 Å². The number of carboxylic acids is 2. The van der Waals surface area contributed by atoms with Gasteiger partial charge in [-0.3, -0.25) is 38.9 Å². The third-order valence-electron chi connectivity index (χ3n) is 27.3. The molecule has 7 heterocycles. The average molecular weight is 1830 g/mol. The maximum atomic E-state index is 13.0. The van der Waals surface area contributed by atoms with Gasteiger partial charge in [0.2, 0.25) is 5.24 Å². The number of nitrogens with two attached hydrogens (primary N) is 1. The van der Waals surface area contributed by atoms with Crippen LogP contribution in [-0.2, 0) is 89.3 Å². The Morgan fingerprint density at radius 3 is 1.01 bits per heavy atom. The van der Waals surface area contributed by atoms with Gasteiger partial charge in [-0.25, -0.2) is 14.4 Å². The molecule has 12 aliphatic rings. The Kier molecular flexibility index (Phi) is 33.5. The van der Waals surface area contributed by atoms with Crippen molar-refractivity contribution < 1.29 is 93.1 Å². The van der Waals surface area contributed by atoms with Crippen LogP contribution in [0.25, 0.3) is 0 Å². The molecule has 0 spiro atoms. The molecule has 7 aromatic rings. The first-order chi connectivity index (χ1) is 63.8. The highest BCUT2D eigenvalue weighted by molar-refractivity contribution is 6.62. The number of cyclic esters (lactones) is 5. The summed E-state index contributed by atoms with van der Waals surface area (Å²) in [5.41, 5.74) is 19.4. The summed E-state index contributed by atoms with van der Waals surface area (Å²) in [6.45, 7) is 38.6. The molecule has 7 aromatic carbocycles. The van der Waals surface area contributed by atoms with Crippen molar-refractivity contribution in [1.82, 2.24) is 10.2 Å². The van der Waals surface area contributed by atoms with Crippen molar-refractivity contribution in [2.24, 2.45) is 56.7 Å². The van der Waals surface area contributed by atoms with E-state index in [1.807, 2.05) is 83.8 Å². The van der Waals surface area contributed by atoms with Gasteiger partial charge in [-0.15, -0.1) is 6.58 Å². The van der Waals surface area contributed by atoms with E-state index >= 15 is 0 Å². The smallest absolute Gasteiger partial charge is 0.411 e. The maximum Gasteiger partial charge on any atom is 0.411 e. The zero-order valence-corrected chi connectivity index (χ0v) is 76.5. The number of carboxylic acid groups (broad SMARTS) is 2. The zero-order chi connectivity index (χ0) is 95.2. The molecule has 0 aromatic heterocycles. The Morgan fingerprint density at radius 1 is 0.444 bits per heavy atom. The fourth-order valence-electron chi connectivity index (χ4n) is 20.6. The second kappa shape index (κ2) is 45.0. The second-order valence-corrected chi connectivity index (χ2v) is 37.1. The van der Waals surface area contributed by atoms with Crippen molar-refractivity contribution in [1.29, 1.82) is 0 Å². The number of carbonyl (C=O) groups excluding carboxylic acids is 8. The second-order valence-electron chi connectivity index (χ2n) is 36.6. The standard InChI is InChI=1S/C26H28N2O3.C19H21NO4.2C16H16O4.C15H17NO2.C10H14N2.C3H6O.C2H3ClO.H2/c1-19-15-22-18-31-25(30)26(22,16-19)17-20-7-9-21(10-8-20)24(29)28-13-11-27(12-14-28)23-5-3-2-4-6-23;1-3-8-23-18(22)20-16-6-4-14(5-7-16)11-19-10-13(2)9-15(19)12-24-17(19)21;2*1-10-6-13-9-20-15(19)16(13,7-10)8-11-2-4-12(5-3-11)14(17)18;1-10-6-12-9-18-14(17)15(12,7-10)8-11-2-4-13(16)5-3-11;1-2-4-10(5-3-1)12-8-6-11-7-9-12;1-2-3-4;1-2(3)4;/h2-10,22H,1,11-18H2;3-7,15H,1-2,8-12H2,(H,20,22);2*2-5,13H,1,6-9H2,(H,17,18);2-5,12H,1,6-9,16H2;1-5,11H,6-9H2;2,4H,1,3H2;1H3;1H. The van der Waals surface area contributed by atoms with E-state index in [0.717, 1.165) is 140 Å². The first-order valence-corrected chi connectivity index (χ1v) is 45.6. The van der Waals surface area contributed by atoms with E-state index in [9.17, 15) is 47.9 Å². The fraction of sp³-hybridized carbons (Fsp3) is 0.383. The van der Waals surface area contributed by atoms with E-state index in [1.165, 1.54) is 36.0 Å². The minimum absolute atomic E-state index is 0. The lowest BCUT2D eigenvalue weighted by atomic mass is 9.75. The number of fused-ring (bicyclic) bond motifs is 5. The number of aromatic carboxylic acids is 2. The van der Waals surface area contributed by atoms with E-state index < -0.39 is 39.7 Å². The molecule has 19 rings (SSSR count). The number of nitrogens with one attached hydrogen (secondary N) is 2. The SMILES string of the molecule is C=C1CC2COC(=O)C2(Cc2ccc(C(=O)N3CCN(c4ccccc4)CC3)cc2)C1.C=C1CC2COC(=O)C2(Cc2ccc(C(=O)O)cc2)C1.C=C1CC2COC(=O)C2(Cc2ccc(C(=O)O)cc2)C1.C=C1CC2COC(=O)C2(Cc2ccc(N)cc2)C1.C=CCO.C=CCOC(=O)Nc1ccc(CC23CC(=C)CC2COC3=O)cc1.CC(=O)Cl.[HH].c1ccc(N2CCNCC2)cc1. The highest BCUT2D eigenvalue weighted by Gasteiger charge is 2.60. The van der Waals surface area contributed by atoms with Gasteiger partial charge in [0.25, 0.3) is 5.91 Å². The number of hydrogen-bond donors (Lipinski definition) is 6. The molecule has 7 N–H and O–H groups in total. The summed E-state index contributed by atoms with van der Waals surface area (Å²) in [7, 11) is 0. The van der Waals surface area contributed by atoms with Crippen molar-refractivity contribution in [3.8, 4) is 0 Å². The third-order valence-corrected chi connectivity index (χ3v) is 27.3. The number of allylic oxidation sites excluding steroid dienone is 5. The molecule has 702 valence electrons. The first-order valence-electron chi connectivity index (χ1n) is 45.2. The van der Waals surface area contributed by atoms with Crippen LogP contribution in [0.15, 0.2) is 268 Å². The number of halogens is 1. The number of anilines is 4. The van der Waals surface area contributed by atoms with E-state index in [1.54, 1.807) is 60.7 Å². The number of piperazine rings is 2. The van der Waals surface area contributed by atoms with E-state index in [0.29, 0.717) is 115 Å². The molecule has 10 unspecified atom stereocenters. The zero-order valence-electron chi connectivity index (χ0n) is 75.7. The molecule has 5 aliphatic carbocycles. The number of carbonyl (C=O) groups is 10. The lowest BCUT2D eigenvalue weighted by Crippen LogP contribution is -2.48. The maximum absolute atomic E-state index is 13.0. The molecule has 5 saturated carbocycles. The van der Waals surface area contributed by atoms with Crippen LogP contribution in [0.1, 0.15) is 131 Å². The van der Waals surface area contributed by atoms with Crippen molar-refractivity contribution in [2.45, 2.75) is 103 Å². The lowest BCUT2D eigenvalue weighted by Gasteiger charge is -2.36. The minimum atomic E-state index is -0.942. The van der Waals surface area contributed by atoms with Crippen LogP contribution in [0.3, 0.4) is 0 Å². The number of aliphatic hydroxyl groups is 1. The summed E-state index contributed by atoms with van der Waals surface area (Å²) >= 11 is 4.64. The quantitative estimate of drug-likeness (QED) is 0.0144. The van der Waals surface area contributed by atoms with E-state index in [2.05, 4.69) is 121 Å². The average Bonchev–Trinajstić information content (AvgIpc) is 1.62. The molecule has 133 heavy (non-hydrogen) atoms. The van der Waals surface area contributed by atoms with Gasteiger partial charge in [0, 0.05) is 119 Å². The number of aliphatic hydroxyl groups excluding tert-OH is 1. The summed E-state index contributed by atoms with van der Waals surface area (Å²) in [6, 6.07) is 57.3. The van der Waals surface area contributed by atoms with Crippen LogP contribution in [0.4, 0.5) is 27.5 Å². The monoisotopic (exact) mass is 1830 g/mol. The number of nitrogen functional groups attached to an aromatic ring is 1. The van der Waals surface area contributed by atoms with Crippen molar-refractivity contribution in [2.75, 3.05) is 119 Å². The van der Waals surface area contributed by atoms with Crippen molar-refractivity contribution in [3.05, 3.63) is 313 Å². The predicted octanol–water partition coefficient (Wildman–Crippen LogP) is 16.6. The Labute approximate surface area is 784 Å². The van der Waals surface area contributed by atoms with E-state index in [-0.39, 0.29) is 95.9 Å². The van der Waals surface area contributed by atoms with E-state index in [4.69, 9.17) is 49.5 Å².